The average Bonchev–Trinajstić information content (AvgIpc) is 2.48. The first-order valence-electron chi connectivity index (χ1n) is 8.61. The zero-order valence-electron chi connectivity index (χ0n) is 13.9. The number of hydrogen-bond donors (Lipinski definition) is 1. The second kappa shape index (κ2) is 5.29. The van der Waals surface area contributed by atoms with E-state index in [0.29, 0.717) is 0 Å². The van der Waals surface area contributed by atoms with Gasteiger partial charge in [0.05, 0.1) is 20.3 Å². The van der Waals surface area contributed by atoms with Gasteiger partial charge in [-0.1, -0.05) is 0 Å². The Morgan fingerprint density at radius 2 is 1.57 bits per heavy atom. The van der Waals surface area contributed by atoms with Crippen LogP contribution in [0.2, 0.25) is 0 Å². The van der Waals surface area contributed by atoms with Crippen molar-refractivity contribution in [2.75, 3.05) is 20.3 Å². The third-order valence-corrected chi connectivity index (χ3v) is 7.88. The number of rotatable bonds is 3. The molecule has 0 amide bonds. The van der Waals surface area contributed by atoms with Crippen LogP contribution >= 0.6 is 7.75 Å². The quantitative estimate of drug-likeness (QED) is 0.627. The fourth-order valence-electron chi connectivity index (χ4n) is 5.50. The minimum absolute atomic E-state index is 0.0658. The van der Waals surface area contributed by atoms with Crippen molar-refractivity contribution in [2.24, 2.45) is 23.2 Å². The van der Waals surface area contributed by atoms with Gasteiger partial charge in [-0.05, 0) is 63.2 Å². The molecule has 4 bridgehead atoms. The zero-order chi connectivity index (χ0) is 16.3. The van der Waals surface area contributed by atoms with E-state index >= 15 is 0 Å². The number of nitrogens with one attached hydrogen (secondary N) is 1. The van der Waals surface area contributed by atoms with Crippen LogP contribution in [-0.4, -0.2) is 31.8 Å². The molecule has 5 rings (SSSR count). The highest BCUT2D eigenvalue weighted by Crippen LogP contribution is 2.60. The van der Waals surface area contributed by atoms with Crippen molar-refractivity contribution in [3.8, 4) is 0 Å². The highest BCUT2D eigenvalue weighted by atomic mass is 31.2. The minimum atomic E-state index is -3.35. The maximum atomic E-state index is 13.0. The van der Waals surface area contributed by atoms with Gasteiger partial charge in [-0.25, -0.2) is 9.65 Å². The normalized spacial score (nSPS) is 51.7. The third kappa shape index (κ3) is 2.78. The average molecular weight is 343 g/mol. The summed E-state index contributed by atoms with van der Waals surface area (Å²) in [7, 11) is -2.01. The standard InChI is InChI=1S/C16H26NO5P/c1-15(14(18)20-2)9-21-23(19,22-10-15)17-16-6-11-3-12(7-16)5-13(4-11)8-16/h11-13H,3-10H2,1-2H3,(H,17,19). The lowest BCUT2D eigenvalue weighted by molar-refractivity contribution is -0.158. The molecule has 23 heavy (non-hydrogen) atoms. The molecular weight excluding hydrogens is 317 g/mol. The summed E-state index contributed by atoms with van der Waals surface area (Å²) in [5, 5.41) is 3.29. The van der Waals surface area contributed by atoms with Crippen LogP contribution in [0.1, 0.15) is 45.4 Å². The van der Waals surface area contributed by atoms with E-state index in [1.807, 2.05) is 0 Å². The van der Waals surface area contributed by atoms with Crippen LogP contribution in [0.25, 0.3) is 0 Å². The number of carbonyl (C=O) groups excluding carboxylic acids is 1. The smallest absolute Gasteiger partial charge is 0.406 e. The molecular formula is C16H26NO5P. The van der Waals surface area contributed by atoms with Crippen molar-refractivity contribution in [2.45, 2.75) is 51.0 Å². The molecule has 5 aliphatic rings. The molecule has 0 aromatic carbocycles. The van der Waals surface area contributed by atoms with E-state index in [0.717, 1.165) is 37.0 Å². The first-order valence-corrected chi connectivity index (χ1v) is 10.1. The monoisotopic (exact) mass is 343 g/mol. The molecule has 6 nitrogen and oxygen atoms in total. The molecule has 4 saturated carbocycles. The van der Waals surface area contributed by atoms with Gasteiger partial charge in [0, 0.05) is 5.54 Å². The van der Waals surface area contributed by atoms with Crippen molar-refractivity contribution < 1.29 is 23.1 Å². The minimum Gasteiger partial charge on any atom is -0.468 e. The Labute approximate surface area is 137 Å². The fourth-order valence-corrected chi connectivity index (χ4v) is 7.47. The second-order valence-electron chi connectivity index (χ2n) is 8.41. The summed E-state index contributed by atoms with van der Waals surface area (Å²) in [6.45, 7) is 1.85. The first-order chi connectivity index (χ1) is 10.8. The van der Waals surface area contributed by atoms with Crippen LogP contribution in [-0.2, 0) is 23.1 Å². The molecule has 0 spiro atoms. The maximum absolute atomic E-state index is 13.0. The van der Waals surface area contributed by atoms with E-state index in [-0.39, 0.29) is 18.8 Å². The lowest BCUT2D eigenvalue weighted by Crippen LogP contribution is -2.58. The van der Waals surface area contributed by atoms with E-state index in [9.17, 15) is 9.36 Å². The summed E-state index contributed by atoms with van der Waals surface area (Å²) in [5.74, 6) is 1.87. The van der Waals surface area contributed by atoms with Gasteiger partial charge >= 0.3 is 13.7 Å². The van der Waals surface area contributed by atoms with Crippen LogP contribution in [0, 0.1) is 23.2 Å². The van der Waals surface area contributed by atoms with Gasteiger partial charge < -0.3 is 4.74 Å². The molecule has 1 saturated heterocycles. The van der Waals surface area contributed by atoms with Crippen molar-refractivity contribution in [3.05, 3.63) is 0 Å². The fraction of sp³-hybridized carbons (Fsp3) is 0.938. The molecule has 130 valence electrons. The van der Waals surface area contributed by atoms with Crippen molar-refractivity contribution in [1.29, 1.82) is 0 Å². The van der Waals surface area contributed by atoms with Gasteiger partial charge in [-0.2, -0.15) is 0 Å². The summed E-state index contributed by atoms with van der Waals surface area (Å²) in [5.41, 5.74) is -0.977. The Bertz CT molecular complexity index is 515. The molecule has 1 N–H and O–H groups in total. The Balaban J connectivity index is 1.46. The van der Waals surface area contributed by atoms with Crippen LogP contribution in [0.3, 0.4) is 0 Å². The largest absolute Gasteiger partial charge is 0.468 e. The van der Waals surface area contributed by atoms with Crippen LogP contribution in [0.15, 0.2) is 0 Å². The molecule has 0 radical (unpaired) electrons. The first kappa shape index (κ1) is 16.1. The molecule has 0 atom stereocenters. The molecule has 5 fully saturated rings. The summed E-state index contributed by atoms with van der Waals surface area (Å²) < 4.78 is 28.9. The van der Waals surface area contributed by atoms with Crippen LogP contribution in [0.5, 0.6) is 0 Å². The topological polar surface area (TPSA) is 73.9 Å². The van der Waals surface area contributed by atoms with E-state index in [4.69, 9.17) is 13.8 Å². The van der Waals surface area contributed by atoms with Crippen LogP contribution < -0.4 is 5.09 Å². The molecule has 1 heterocycles. The van der Waals surface area contributed by atoms with Gasteiger partial charge in [0.2, 0.25) is 0 Å². The van der Waals surface area contributed by atoms with Gasteiger partial charge in [-0.15, -0.1) is 0 Å². The Hall–Kier alpha value is -0.420. The van der Waals surface area contributed by atoms with Gasteiger partial charge in [0.25, 0.3) is 0 Å². The summed E-state index contributed by atoms with van der Waals surface area (Å²) >= 11 is 0. The lowest BCUT2D eigenvalue weighted by Gasteiger charge is -2.57. The van der Waals surface area contributed by atoms with E-state index < -0.39 is 19.1 Å². The van der Waals surface area contributed by atoms with Crippen molar-refractivity contribution >= 4 is 13.7 Å². The van der Waals surface area contributed by atoms with Gasteiger partial charge in [0.1, 0.15) is 5.41 Å². The van der Waals surface area contributed by atoms with E-state index in [2.05, 4.69) is 5.09 Å². The SMILES string of the molecule is COC(=O)C1(C)COP(=O)(NC23CC4CC(CC(C4)C2)C3)OC1. The third-order valence-electron chi connectivity index (χ3n) is 6.20. The lowest BCUT2D eigenvalue weighted by atomic mass is 9.53. The van der Waals surface area contributed by atoms with Crippen molar-refractivity contribution in [1.82, 2.24) is 5.09 Å². The van der Waals surface area contributed by atoms with E-state index in [1.54, 1.807) is 6.92 Å². The predicted octanol–water partition coefficient (Wildman–Crippen LogP) is 2.88. The van der Waals surface area contributed by atoms with Gasteiger partial charge in [0.15, 0.2) is 0 Å². The highest BCUT2D eigenvalue weighted by molar-refractivity contribution is 7.51. The summed E-state index contributed by atoms with van der Waals surface area (Å²) in [4.78, 5) is 11.8. The van der Waals surface area contributed by atoms with E-state index in [1.165, 1.54) is 26.4 Å². The van der Waals surface area contributed by atoms with Crippen LogP contribution in [0.4, 0.5) is 0 Å². The number of esters is 1. The number of carbonyl (C=O) groups is 1. The maximum Gasteiger partial charge on any atom is 0.406 e. The highest BCUT2D eigenvalue weighted by Gasteiger charge is 2.55. The molecule has 4 aliphatic carbocycles. The predicted molar refractivity (Wildman–Crippen MR) is 83.7 cm³/mol. The second-order valence-corrected chi connectivity index (χ2v) is 10.1. The molecule has 0 aromatic heterocycles. The van der Waals surface area contributed by atoms with Crippen molar-refractivity contribution in [3.63, 3.8) is 0 Å². The van der Waals surface area contributed by atoms with Gasteiger partial charge in [-0.3, -0.25) is 13.8 Å². The Morgan fingerprint density at radius 1 is 1.09 bits per heavy atom. The zero-order valence-corrected chi connectivity index (χ0v) is 14.8. The number of ether oxygens (including phenoxy) is 1. The molecule has 0 unspecified atom stereocenters. The Kier molecular flexibility index (Phi) is 3.69. The molecule has 0 aromatic rings. The number of hydrogen-bond acceptors (Lipinski definition) is 5. The summed E-state index contributed by atoms with van der Waals surface area (Å²) in [6, 6.07) is 0. The summed E-state index contributed by atoms with van der Waals surface area (Å²) in [6.07, 6.45) is 7.20. The molecule has 7 heteroatoms. The Morgan fingerprint density at radius 3 is 2.00 bits per heavy atom. The number of methoxy groups -OCH3 is 1. The molecule has 1 aliphatic heterocycles.